The number of benzene rings is 2. The molecule has 0 saturated carbocycles. The van der Waals surface area contributed by atoms with Crippen molar-refractivity contribution in [1.29, 1.82) is 0 Å². The number of nitrogens with zero attached hydrogens (tertiary/aromatic N) is 1. The van der Waals surface area contributed by atoms with Crippen LogP contribution in [-0.4, -0.2) is 9.97 Å². The van der Waals surface area contributed by atoms with Gasteiger partial charge in [-0.2, -0.15) is 13.2 Å². The van der Waals surface area contributed by atoms with Gasteiger partial charge in [0.1, 0.15) is 11.5 Å². The Balaban J connectivity index is 1.67. The molecule has 0 aliphatic rings. The van der Waals surface area contributed by atoms with E-state index in [4.69, 9.17) is 11.6 Å². The monoisotopic (exact) mass is 451 g/mol. The van der Waals surface area contributed by atoms with E-state index in [9.17, 15) is 17.6 Å². The summed E-state index contributed by atoms with van der Waals surface area (Å²) in [5.74, 6) is -1.57. The Morgan fingerprint density at radius 2 is 1.77 bits per heavy atom. The number of hydrogen-bond acceptors (Lipinski definition) is 2. The van der Waals surface area contributed by atoms with Crippen molar-refractivity contribution < 1.29 is 22.0 Å². The highest BCUT2D eigenvalue weighted by atomic mass is 35.5. The Labute approximate surface area is 178 Å². The predicted octanol–water partition coefficient (Wildman–Crippen LogP) is 7.16. The lowest BCUT2D eigenvalue weighted by molar-refractivity contribution is -0.137. The molecule has 9 heteroatoms. The molecular weight excluding hydrogens is 437 g/mol. The van der Waals surface area contributed by atoms with Crippen molar-refractivity contribution in [2.45, 2.75) is 19.5 Å². The lowest BCUT2D eigenvalue weighted by atomic mass is 10.0. The molecule has 0 fully saturated rings. The van der Waals surface area contributed by atoms with Crippen LogP contribution in [0, 0.1) is 18.6 Å². The third-order valence-electron chi connectivity index (χ3n) is 5.03. The molecule has 0 aliphatic heterocycles. The Morgan fingerprint density at radius 1 is 1.06 bits per heavy atom. The molecule has 2 aromatic carbocycles. The molecule has 0 spiro atoms. The minimum atomic E-state index is -4.47. The van der Waals surface area contributed by atoms with Crippen molar-refractivity contribution in [2.24, 2.45) is 0 Å². The average Bonchev–Trinajstić information content (AvgIpc) is 3.13. The van der Waals surface area contributed by atoms with Crippen molar-refractivity contribution in [3.63, 3.8) is 0 Å². The first-order valence-corrected chi connectivity index (χ1v) is 9.55. The minimum absolute atomic E-state index is 0.0520. The molecule has 0 atom stereocenters. The maximum absolute atomic E-state index is 15.1. The van der Waals surface area contributed by atoms with Crippen LogP contribution in [0.15, 0.2) is 48.8 Å². The molecule has 4 rings (SSSR count). The summed E-state index contributed by atoms with van der Waals surface area (Å²) in [4.78, 5) is 7.14. The van der Waals surface area contributed by atoms with E-state index in [-0.39, 0.29) is 23.4 Å². The summed E-state index contributed by atoms with van der Waals surface area (Å²) in [6.07, 6.45) is -1.42. The number of H-pyrrole nitrogens is 1. The zero-order chi connectivity index (χ0) is 22.3. The Kier molecular flexibility index (Phi) is 5.35. The normalized spacial score (nSPS) is 11.8. The van der Waals surface area contributed by atoms with E-state index in [2.05, 4.69) is 15.3 Å². The molecule has 31 heavy (non-hydrogen) atoms. The van der Waals surface area contributed by atoms with Crippen molar-refractivity contribution in [3.05, 3.63) is 87.7 Å². The first-order chi connectivity index (χ1) is 14.6. The van der Waals surface area contributed by atoms with Crippen molar-refractivity contribution in [3.8, 4) is 0 Å². The number of aromatic nitrogens is 2. The second-order valence-corrected chi connectivity index (χ2v) is 7.44. The van der Waals surface area contributed by atoms with Crippen LogP contribution in [0.4, 0.5) is 33.3 Å². The topological polar surface area (TPSA) is 40.7 Å². The standard InChI is InChI=1S/C22H15ClF5N3/c1-11-16(23)10-30-21-19(11)12(9-29-21)8-15-17(24)6-7-18(20(15)25)31-14-4-2-13(3-5-14)22(26,27)28/h2-7,9-10,31H,8H2,1H3,(H,29,30). The van der Waals surface area contributed by atoms with E-state index in [1.807, 2.05) is 0 Å². The number of hydrogen-bond donors (Lipinski definition) is 2. The van der Waals surface area contributed by atoms with Crippen molar-refractivity contribution in [1.82, 2.24) is 9.97 Å². The molecule has 0 radical (unpaired) electrons. The summed E-state index contributed by atoms with van der Waals surface area (Å²) in [6, 6.07) is 6.44. The SMILES string of the molecule is Cc1c(Cl)cnc2[nH]cc(Cc3c(F)ccc(Nc4ccc(C(F)(F)F)cc4)c3F)c12. The van der Waals surface area contributed by atoms with E-state index < -0.39 is 23.4 Å². The van der Waals surface area contributed by atoms with Crippen LogP contribution < -0.4 is 5.32 Å². The maximum atomic E-state index is 15.1. The van der Waals surface area contributed by atoms with Gasteiger partial charge in [-0.05, 0) is 54.4 Å². The van der Waals surface area contributed by atoms with Gasteiger partial charge in [0, 0.05) is 35.5 Å². The highest BCUT2D eigenvalue weighted by Gasteiger charge is 2.30. The highest BCUT2D eigenvalue weighted by Crippen LogP contribution is 2.33. The molecule has 0 amide bonds. The van der Waals surface area contributed by atoms with Gasteiger partial charge in [-0.1, -0.05) is 11.6 Å². The summed E-state index contributed by atoms with van der Waals surface area (Å²) >= 11 is 6.13. The van der Waals surface area contributed by atoms with Gasteiger partial charge >= 0.3 is 6.18 Å². The molecular formula is C22H15ClF5N3. The zero-order valence-corrected chi connectivity index (χ0v) is 16.8. The number of alkyl halides is 3. The van der Waals surface area contributed by atoms with Crippen molar-refractivity contribution in [2.75, 3.05) is 5.32 Å². The van der Waals surface area contributed by atoms with Gasteiger partial charge in [0.05, 0.1) is 16.3 Å². The molecule has 0 aliphatic carbocycles. The van der Waals surface area contributed by atoms with Crippen molar-refractivity contribution >= 4 is 34.0 Å². The van der Waals surface area contributed by atoms with Crippen LogP contribution in [0.1, 0.15) is 22.3 Å². The molecule has 4 aromatic rings. The predicted molar refractivity (Wildman–Crippen MR) is 110 cm³/mol. The molecule has 0 unspecified atom stereocenters. The first-order valence-electron chi connectivity index (χ1n) is 9.17. The maximum Gasteiger partial charge on any atom is 0.416 e. The molecule has 2 N–H and O–H groups in total. The fourth-order valence-electron chi connectivity index (χ4n) is 3.39. The Hall–Kier alpha value is -3.13. The van der Waals surface area contributed by atoms with E-state index in [1.165, 1.54) is 24.4 Å². The Bertz CT molecular complexity index is 1260. The Morgan fingerprint density at radius 3 is 2.45 bits per heavy atom. The van der Waals surface area contributed by atoms with Gasteiger partial charge in [0.25, 0.3) is 0 Å². The third kappa shape index (κ3) is 4.07. The van der Waals surface area contributed by atoms with E-state index >= 15 is 4.39 Å². The van der Waals surface area contributed by atoms with Crippen LogP contribution in [-0.2, 0) is 12.6 Å². The fourth-order valence-corrected chi connectivity index (χ4v) is 3.54. The fraction of sp³-hybridized carbons (Fsp3) is 0.136. The number of nitrogens with one attached hydrogen (secondary N) is 2. The van der Waals surface area contributed by atoms with Gasteiger partial charge in [-0.15, -0.1) is 0 Å². The molecule has 0 bridgehead atoms. The van der Waals surface area contributed by atoms with Gasteiger partial charge in [-0.25, -0.2) is 13.8 Å². The van der Waals surface area contributed by atoms with E-state index in [0.717, 1.165) is 23.8 Å². The van der Waals surface area contributed by atoms with Crippen LogP contribution in [0.25, 0.3) is 11.0 Å². The summed E-state index contributed by atoms with van der Waals surface area (Å²) < 4.78 is 67.8. The number of pyridine rings is 1. The van der Waals surface area contributed by atoms with Gasteiger partial charge in [-0.3, -0.25) is 0 Å². The largest absolute Gasteiger partial charge is 0.416 e. The van der Waals surface area contributed by atoms with Gasteiger partial charge in [0.2, 0.25) is 0 Å². The van der Waals surface area contributed by atoms with Crippen LogP contribution >= 0.6 is 11.6 Å². The van der Waals surface area contributed by atoms with Crippen LogP contribution in [0.5, 0.6) is 0 Å². The number of aromatic amines is 1. The van der Waals surface area contributed by atoms with Gasteiger partial charge < -0.3 is 10.3 Å². The van der Waals surface area contributed by atoms with Crippen LogP contribution in [0.2, 0.25) is 5.02 Å². The molecule has 2 heterocycles. The number of anilines is 2. The molecule has 2 aromatic heterocycles. The molecule has 0 saturated heterocycles. The zero-order valence-electron chi connectivity index (χ0n) is 16.0. The van der Waals surface area contributed by atoms with Gasteiger partial charge in [0.15, 0.2) is 5.82 Å². The summed E-state index contributed by atoms with van der Waals surface area (Å²) in [7, 11) is 0. The lowest BCUT2D eigenvalue weighted by Gasteiger charge is -2.13. The molecule has 160 valence electrons. The first kappa shape index (κ1) is 21.1. The smallest absolute Gasteiger partial charge is 0.353 e. The second kappa shape index (κ2) is 7.85. The summed E-state index contributed by atoms with van der Waals surface area (Å²) in [6.45, 7) is 1.79. The van der Waals surface area contributed by atoms with E-state index in [1.54, 1.807) is 13.1 Å². The summed E-state index contributed by atoms with van der Waals surface area (Å²) in [5, 5.41) is 3.83. The second-order valence-electron chi connectivity index (χ2n) is 7.03. The number of fused-ring (bicyclic) bond motifs is 1. The minimum Gasteiger partial charge on any atom is -0.353 e. The number of rotatable bonds is 4. The third-order valence-corrected chi connectivity index (χ3v) is 5.41. The number of halogens is 6. The van der Waals surface area contributed by atoms with E-state index in [0.29, 0.717) is 21.6 Å². The highest BCUT2D eigenvalue weighted by molar-refractivity contribution is 6.32. The summed E-state index contributed by atoms with van der Waals surface area (Å²) in [5.41, 5.74) is 1.09. The quantitative estimate of drug-likeness (QED) is 0.323. The average molecular weight is 452 g/mol. The molecule has 3 nitrogen and oxygen atoms in total. The lowest BCUT2D eigenvalue weighted by Crippen LogP contribution is -2.05. The number of aryl methyl sites for hydroxylation is 1. The van der Waals surface area contributed by atoms with Crippen LogP contribution in [0.3, 0.4) is 0 Å².